The van der Waals surface area contributed by atoms with Crippen molar-refractivity contribution in [1.82, 2.24) is 0 Å². The lowest BCUT2D eigenvalue weighted by molar-refractivity contribution is 0.0106. The van der Waals surface area contributed by atoms with Gasteiger partial charge >= 0.3 is 0 Å². The van der Waals surface area contributed by atoms with Crippen LogP contribution in [-0.2, 0) is 22.7 Å². The van der Waals surface area contributed by atoms with Crippen molar-refractivity contribution >= 4 is 0 Å². The Morgan fingerprint density at radius 1 is 0.870 bits per heavy atom. The maximum absolute atomic E-state index is 10.2. The Balaban J connectivity index is 1.29. The zero-order valence-electron chi connectivity index (χ0n) is 13.3. The third-order valence-corrected chi connectivity index (χ3v) is 4.32. The number of hydrogen-bond donors (Lipinski definition) is 1. The molecule has 0 radical (unpaired) electrons. The van der Waals surface area contributed by atoms with Crippen LogP contribution in [0.25, 0.3) is 0 Å². The van der Waals surface area contributed by atoms with E-state index in [1.807, 2.05) is 48.5 Å². The molecule has 1 aliphatic rings. The maximum Gasteiger partial charge on any atom is 0.0805 e. The van der Waals surface area contributed by atoms with E-state index in [4.69, 9.17) is 9.47 Å². The van der Waals surface area contributed by atoms with Gasteiger partial charge in [0.15, 0.2) is 0 Å². The molecular formula is C20H24O3. The molecule has 0 unspecified atom stereocenters. The Labute approximate surface area is 137 Å². The van der Waals surface area contributed by atoms with Gasteiger partial charge in [-0.3, -0.25) is 0 Å². The summed E-state index contributed by atoms with van der Waals surface area (Å²) >= 11 is 0. The van der Waals surface area contributed by atoms with E-state index in [2.05, 4.69) is 12.1 Å². The molecule has 3 nitrogen and oxygen atoms in total. The maximum atomic E-state index is 10.2. The Bertz CT molecular complexity index is 570. The quantitative estimate of drug-likeness (QED) is 0.771. The van der Waals surface area contributed by atoms with E-state index in [0.29, 0.717) is 31.7 Å². The molecule has 1 N–H and O–H groups in total. The van der Waals surface area contributed by atoms with Crippen LogP contribution < -0.4 is 0 Å². The molecule has 0 saturated heterocycles. The second-order valence-corrected chi connectivity index (χ2v) is 6.23. The van der Waals surface area contributed by atoms with Gasteiger partial charge in [0, 0.05) is 0 Å². The summed E-state index contributed by atoms with van der Waals surface area (Å²) in [5, 5.41) is 10.2. The van der Waals surface area contributed by atoms with Crippen LogP contribution in [0.3, 0.4) is 0 Å². The lowest BCUT2D eigenvalue weighted by Crippen LogP contribution is -2.19. The van der Waals surface area contributed by atoms with Gasteiger partial charge in [-0.25, -0.2) is 0 Å². The lowest BCUT2D eigenvalue weighted by Gasteiger charge is -2.11. The van der Waals surface area contributed by atoms with Crippen LogP contribution in [0.4, 0.5) is 0 Å². The largest absolute Gasteiger partial charge is 0.390 e. The first-order valence-electron chi connectivity index (χ1n) is 8.24. The van der Waals surface area contributed by atoms with Crippen LogP contribution in [0.2, 0.25) is 0 Å². The molecule has 0 amide bonds. The second kappa shape index (κ2) is 8.25. The molecule has 0 aliphatic heterocycles. The molecule has 3 rings (SSSR count). The highest BCUT2D eigenvalue weighted by Crippen LogP contribution is 2.41. The first-order chi connectivity index (χ1) is 11.3. The highest BCUT2D eigenvalue weighted by molar-refractivity contribution is 5.14. The molecule has 122 valence electrons. The van der Waals surface area contributed by atoms with E-state index >= 15 is 0 Å². The number of benzene rings is 2. The van der Waals surface area contributed by atoms with Crippen LogP contribution in [-0.4, -0.2) is 24.4 Å². The third kappa shape index (κ3) is 5.17. The summed E-state index contributed by atoms with van der Waals surface area (Å²) < 4.78 is 11.4. The minimum absolute atomic E-state index is 0.321. The molecule has 0 bridgehead atoms. The molecule has 0 heterocycles. The van der Waals surface area contributed by atoms with Gasteiger partial charge in [-0.05, 0) is 29.4 Å². The average Bonchev–Trinajstić information content (AvgIpc) is 3.36. The van der Waals surface area contributed by atoms with Gasteiger partial charge in [0.25, 0.3) is 0 Å². The minimum atomic E-state index is -0.385. The molecule has 1 aliphatic carbocycles. The zero-order chi connectivity index (χ0) is 15.9. The second-order valence-electron chi connectivity index (χ2n) is 6.23. The van der Waals surface area contributed by atoms with Crippen LogP contribution in [0, 0.1) is 11.8 Å². The first-order valence-corrected chi connectivity index (χ1v) is 8.24. The molecule has 1 fully saturated rings. The Hall–Kier alpha value is -1.68. The number of rotatable bonds is 9. The summed E-state index contributed by atoms with van der Waals surface area (Å²) in [7, 11) is 0. The number of ether oxygens (including phenoxy) is 2. The van der Waals surface area contributed by atoms with E-state index in [0.717, 1.165) is 18.6 Å². The van der Waals surface area contributed by atoms with Gasteiger partial charge in [-0.15, -0.1) is 0 Å². The van der Waals surface area contributed by atoms with E-state index in [-0.39, 0.29) is 6.10 Å². The summed E-state index contributed by atoms with van der Waals surface area (Å²) in [6.07, 6.45) is 0.647. The topological polar surface area (TPSA) is 38.7 Å². The molecule has 2 aromatic carbocycles. The van der Waals surface area contributed by atoms with E-state index in [1.165, 1.54) is 5.56 Å². The van der Waals surface area contributed by atoms with Crippen LogP contribution >= 0.6 is 0 Å². The monoisotopic (exact) mass is 312 g/mol. The molecule has 23 heavy (non-hydrogen) atoms. The van der Waals surface area contributed by atoms with Gasteiger partial charge in [-0.2, -0.15) is 0 Å². The van der Waals surface area contributed by atoms with E-state index in [9.17, 15) is 5.11 Å². The first kappa shape index (κ1) is 16.2. The Morgan fingerprint density at radius 3 is 2.04 bits per heavy atom. The molecular weight excluding hydrogens is 288 g/mol. The predicted octanol–water partition coefficient (Wildman–Crippen LogP) is 3.42. The molecule has 0 aromatic heterocycles. The van der Waals surface area contributed by atoms with Gasteiger partial charge in [-0.1, -0.05) is 60.7 Å². The molecule has 3 heteroatoms. The summed E-state index contributed by atoms with van der Waals surface area (Å²) in [6.45, 7) is 2.31. The summed E-state index contributed by atoms with van der Waals surface area (Å²) in [4.78, 5) is 0. The average molecular weight is 312 g/mol. The van der Waals surface area contributed by atoms with Crippen molar-refractivity contribution in [2.75, 3.05) is 13.2 Å². The third-order valence-electron chi connectivity index (χ3n) is 4.32. The zero-order valence-corrected chi connectivity index (χ0v) is 13.3. The number of aliphatic hydroxyl groups excluding tert-OH is 1. The number of aliphatic hydroxyl groups is 1. The summed E-state index contributed by atoms with van der Waals surface area (Å²) in [6, 6.07) is 20.2. The summed E-state index contributed by atoms with van der Waals surface area (Å²) in [5.74, 6) is 0.788. The summed E-state index contributed by atoms with van der Waals surface area (Å²) in [5.41, 5.74) is 2.33. The highest BCUT2D eigenvalue weighted by atomic mass is 16.5. The van der Waals surface area contributed by atoms with E-state index in [1.54, 1.807) is 0 Å². The SMILES string of the molecule is O[C@@H](COCc1ccccc1)[C@@H]1C[C@H]1COCc1ccccc1. The van der Waals surface area contributed by atoms with Crippen molar-refractivity contribution < 1.29 is 14.6 Å². The van der Waals surface area contributed by atoms with Crippen molar-refractivity contribution in [3.63, 3.8) is 0 Å². The van der Waals surface area contributed by atoms with Gasteiger partial charge in [0.1, 0.15) is 0 Å². The molecule has 0 spiro atoms. The van der Waals surface area contributed by atoms with Crippen molar-refractivity contribution in [3.8, 4) is 0 Å². The number of hydrogen-bond acceptors (Lipinski definition) is 3. The fraction of sp³-hybridized carbons (Fsp3) is 0.400. The standard InChI is InChI=1S/C20H24O3/c21-20(15-23-13-17-9-5-2-6-10-17)19-11-18(19)14-22-12-16-7-3-1-4-8-16/h1-10,18-21H,11-15H2/t18-,19+,20-/m0/s1. The predicted molar refractivity (Wildman–Crippen MR) is 89.8 cm³/mol. The van der Waals surface area contributed by atoms with Gasteiger partial charge < -0.3 is 14.6 Å². The highest BCUT2D eigenvalue weighted by Gasteiger charge is 2.42. The van der Waals surface area contributed by atoms with Crippen LogP contribution in [0.5, 0.6) is 0 Å². The Kier molecular flexibility index (Phi) is 5.81. The minimum Gasteiger partial charge on any atom is -0.390 e. The van der Waals surface area contributed by atoms with Gasteiger partial charge in [0.05, 0.1) is 32.5 Å². The fourth-order valence-electron chi connectivity index (χ4n) is 2.83. The van der Waals surface area contributed by atoms with Crippen LogP contribution in [0.1, 0.15) is 17.5 Å². The van der Waals surface area contributed by atoms with Crippen molar-refractivity contribution in [2.45, 2.75) is 25.7 Å². The van der Waals surface area contributed by atoms with Gasteiger partial charge in [0.2, 0.25) is 0 Å². The molecule has 2 aromatic rings. The normalized spacial score (nSPS) is 21.1. The fourth-order valence-corrected chi connectivity index (χ4v) is 2.83. The lowest BCUT2D eigenvalue weighted by atomic mass is 10.2. The Morgan fingerprint density at radius 2 is 1.43 bits per heavy atom. The van der Waals surface area contributed by atoms with Crippen molar-refractivity contribution in [1.29, 1.82) is 0 Å². The van der Waals surface area contributed by atoms with Crippen molar-refractivity contribution in [2.24, 2.45) is 11.8 Å². The van der Waals surface area contributed by atoms with Crippen LogP contribution in [0.15, 0.2) is 60.7 Å². The smallest absolute Gasteiger partial charge is 0.0805 e. The van der Waals surface area contributed by atoms with E-state index < -0.39 is 0 Å². The molecule has 1 saturated carbocycles. The van der Waals surface area contributed by atoms with Crippen molar-refractivity contribution in [3.05, 3.63) is 71.8 Å². The molecule has 3 atom stereocenters.